The quantitative estimate of drug-likeness (QED) is 0.735. The SMILES string of the molecule is Cl.O=C(CCC(=O)c1ccc(Cl)cc1)NCCC1CCCNC1. The van der Waals surface area contributed by atoms with Gasteiger partial charge in [0, 0.05) is 30.0 Å². The molecule has 0 aromatic heterocycles. The lowest BCUT2D eigenvalue weighted by atomic mass is 9.96. The van der Waals surface area contributed by atoms with Crippen LogP contribution >= 0.6 is 24.0 Å². The molecule has 1 aromatic rings. The fourth-order valence-electron chi connectivity index (χ4n) is 2.68. The van der Waals surface area contributed by atoms with Crippen molar-refractivity contribution in [3.8, 4) is 0 Å². The van der Waals surface area contributed by atoms with Gasteiger partial charge in [-0.3, -0.25) is 9.59 Å². The number of hydrogen-bond donors (Lipinski definition) is 2. The summed E-state index contributed by atoms with van der Waals surface area (Å²) < 4.78 is 0. The summed E-state index contributed by atoms with van der Waals surface area (Å²) in [6.45, 7) is 2.85. The number of carbonyl (C=O) groups is 2. The summed E-state index contributed by atoms with van der Waals surface area (Å²) in [5, 5.41) is 6.88. The van der Waals surface area contributed by atoms with Crippen LogP contribution < -0.4 is 10.6 Å². The molecular formula is C17H24Cl2N2O2. The number of nitrogens with one attached hydrogen (secondary N) is 2. The molecule has 0 saturated carbocycles. The number of benzene rings is 1. The van der Waals surface area contributed by atoms with Crippen LogP contribution in [-0.2, 0) is 4.79 Å². The lowest BCUT2D eigenvalue weighted by Crippen LogP contribution is -2.33. The maximum absolute atomic E-state index is 12.0. The van der Waals surface area contributed by atoms with Gasteiger partial charge in [-0.25, -0.2) is 0 Å². The third kappa shape index (κ3) is 7.34. The first-order valence-electron chi connectivity index (χ1n) is 7.91. The zero-order valence-corrected chi connectivity index (χ0v) is 14.7. The van der Waals surface area contributed by atoms with Crippen LogP contribution in [0.2, 0.25) is 5.02 Å². The highest BCUT2D eigenvalue weighted by Crippen LogP contribution is 2.13. The third-order valence-electron chi connectivity index (χ3n) is 4.02. The minimum Gasteiger partial charge on any atom is -0.356 e. The largest absolute Gasteiger partial charge is 0.356 e. The van der Waals surface area contributed by atoms with Gasteiger partial charge in [-0.2, -0.15) is 0 Å². The van der Waals surface area contributed by atoms with Gasteiger partial charge in [0.05, 0.1) is 0 Å². The van der Waals surface area contributed by atoms with E-state index in [-0.39, 0.29) is 36.9 Å². The van der Waals surface area contributed by atoms with Crippen LogP contribution in [0, 0.1) is 5.92 Å². The summed E-state index contributed by atoms with van der Waals surface area (Å²) in [5.74, 6) is 0.583. The zero-order chi connectivity index (χ0) is 15.8. The minimum absolute atomic E-state index is 0. The Balaban J connectivity index is 0.00000264. The molecule has 6 heteroatoms. The van der Waals surface area contributed by atoms with Crippen LogP contribution in [0.5, 0.6) is 0 Å². The number of hydrogen-bond acceptors (Lipinski definition) is 3. The summed E-state index contributed by atoms with van der Waals surface area (Å²) >= 11 is 5.79. The highest BCUT2D eigenvalue weighted by Gasteiger charge is 2.13. The van der Waals surface area contributed by atoms with Gasteiger partial charge in [0.25, 0.3) is 0 Å². The number of ketones is 1. The van der Waals surface area contributed by atoms with Gasteiger partial charge in [0.2, 0.25) is 5.91 Å². The fourth-order valence-corrected chi connectivity index (χ4v) is 2.81. The highest BCUT2D eigenvalue weighted by molar-refractivity contribution is 6.30. The fraction of sp³-hybridized carbons (Fsp3) is 0.529. The van der Waals surface area contributed by atoms with Crippen LogP contribution in [0.4, 0.5) is 0 Å². The van der Waals surface area contributed by atoms with Gasteiger partial charge >= 0.3 is 0 Å². The predicted molar refractivity (Wildman–Crippen MR) is 95.5 cm³/mol. The second kappa shape index (κ2) is 10.6. The molecule has 4 nitrogen and oxygen atoms in total. The summed E-state index contributed by atoms with van der Waals surface area (Å²) in [5.41, 5.74) is 0.602. The maximum Gasteiger partial charge on any atom is 0.220 e. The smallest absolute Gasteiger partial charge is 0.220 e. The van der Waals surface area contributed by atoms with Crippen LogP contribution in [0.15, 0.2) is 24.3 Å². The van der Waals surface area contributed by atoms with E-state index in [1.807, 2.05) is 0 Å². The molecule has 0 bridgehead atoms. The Morgan fingerprint density at radius 2 is 1.96 bits per heavy atom. The molecule has 1 aliphatic rings. The Morgan fingerprint density at radius 3 is 2.61 bits per heavy atom. The van der Waals surface area contributed by atoms with Gasteiger partial charge in [-0.15, -0.1) is 12.4 Å². The summed E-state index contributed by atoms with van der Waals surface area (Å²) in [7, 11) is 0. The first-order chi connectivity index (χ1) is 10.6. The molecule has 1 saturated heterocycles. The molecule has 1 heterocycles. The topological polar surface area (TPSA) is 58.2 Å². The number of halogens is 2. The first-order valence-corrected chi connectivity index (χ1v) is 8.29. The van der Waals surface area contributed by atoms with Crippen molar-refractivity contribution in [3.63, 3.8) is 0 Å². The Bertz CT molecular complexity index is 500. The molecule has 2 N–H and O–H groups in total. The van der Waals surface area contributed by atoms with Crippen molar-refractivity contribution in [2.45, 2.75) is 32.1 Å². The number of piperidine rings is 1. The molecule has 2 rings (SSSR count). The average molecular weight is 359 g/mol. The van der Waals surface area contributed by atoms with Crippen molar-refractivity contribution in [3.05, 3.63) is 34.9 Å². The molecule has 1 amide bonds. The molecular weight excluding hydrogens is 335 g/mol. The van der Waals surface area contributed by atoms with Crippen molar-refractivity contribution in [2.24, 2.45) is 5.92 Å². The second-order valence-electron chi connectivity index (χ2n) is 5.78. The van der Waals surface area contributed by atoms with E-state index < -0.39 is 0 Å². The van der Waals surface area contributed by atoms with Crippen LogP contribution in [0.3, 0.4) is 0 Å². The Morgan fingerprint density at radius 1 is 1.22 bits per heavy atom. The molecule has 23 heavy (non-hydrogen) atoms. The number of carbonyl (C=O) groups excluding carboxylic acids is 2. The van der Waals surface area contributed by atoms with Gasteiger partial charge < -0.3 is 10.6 Å². The van der Waals surface area contributed by atoms with E-state index in [2.05, 4.69) is 10.6 Å². The van der Waals surface area contributed by atoms with Gasteiger partial charge in [0.1, 0.15) is 0 Å². The number of amides is 1. The Hall–Kier alpha value is -1.10. The van der Waals surface area contributed by atoms with Crippen LogP contribution in [-0.4, -0.2) is 31.3 Å². The molecule has 1 aromatic carbocycles. The maximum atomic E-state index is 12.0. The van der Waals surface area contributed by atoms with Gasteiger partial charge in [-0.1, -0.05) is 11.6 Å². The molecule has 1 atom stereocenters. The van der Waals surface area contributed by atoms with E-state index in [1.54, 1.807) is 24.3 Å². The van der Waals surface area contributed by atoms with Crippen molar-refractivity contribution in [1.82, 2.24) is 10.6 Å². The molecule has 1 unspecified atom stereocenters. The molecule has 0 aliphatic carbocycles. The summed E-state index contributed by atoms with van der Waals surface area (Å²) in [6.07, 6.45) is 3.93. The third-order valence-corrected chi connectivity index (χ3v) is 4.27. The van der Waals surface area contributed by atoms with Crippen LogP contribution in [0.1, 0.15) is 42.5 Å². The minimum atomic E-state index is -0.0499. The van der Waals surface area contributed by atoms with Crippen LogP contribution in [0.25, 0.3) is 0 Å². The molecule has 1 fully saturated rings. The van der Waals surface area contributed by atoms with Gasteiger partial charge in [-0.05, 0) is 62.5 Å². The van der Waals surface area contributed by atoms with E-state index >= 15 is 0 Å². The van der Waals surface area contributed by atoms with E-state index in [0.717, 1.165) is 19.5 Å². The lowest BCUT2D eigenvalue weighted by Gasteiger charge is -2.22. The predicted octanol–water partition coefficient (Wildman–Crippen LogP) is 3.23. The average Bonchev–Trinajstić information content (AvgIpc) is 2.54. The second-order valence-corrected chi connectivity index (χ2v) is 6.22. The highest BCUT2D eigenvalue weighted by atomic mass is 35.5. The van der Waals surface area contributed by atoms with Gasteiger partial charge in [0.15, 0.2) is 5.78 Å². The molecule has 0 spiro atoms. The van der Waals surface area contributed by atoms with E-state index in [9.17, 15) is 9.59 Å². The van der Waals surface area contributed by atoms with E-state index in [4.69, 9.17) is 11.6 Å². The number of Topliss-reactive ketones (excluding diaryl/α,β-unsaturated/α-hetero) is 1. The van der Waals surface area contributed by atoms with Crippen molar-refractivity contribution < 1.29 is 9.59 Å². The summed E-state index contributed by atoms with van der Waals surface area (Å²) in [4.78, 5) is 23.7. The van der Waals surface area contributed by atoms with Crippen molar-refractivity contribution in [1.29, 1.82) is 0 Å². The molecule has 0 radical (unpaired) electrons. The Labute approximate surface area is 148 Å². The lowest BCUT2D eigenvalue weighted by molar-refractivity contribution is -0.121. The molecule has 128 valence electrons. The Kier molecular flexibility index (Phi) is 9.22. The van der Waals surface area contributed by atoms with E-state index in [0.29, 0.717) is 23.0 Å². The summed E-state index contributed by atoms with van der Waals surface area (Å²) in [6, 6.07) is 6.76. The normalized spacial score (nSPS) is 17.2. The monoisotopic (exact) mass is 358 g/mol. The molecule has 1 aliphatic heterocycles. The van der Waals surface area contributed by atoms with Crippen molar-refractivity contribution >= 4 is 35.7 Å². The standard InChI is InChI=1S/C17H23ClN2O2.ClH/c18-15-5-3-14(4-6-15)16(21)7-8-17(22)20-11-9-13-2-1-10-19-12-13;/h3-6,13,19H,1-2,7-12H2,(H,20,22);1H. The zero-order valence-electron chi connectivity index (χ0n) is 13.1. The first kappa shape index (κ1) is 19.9. The van der Waals surface area contributed by atoms with Crippen molar-refractivity contribution in [2.75, 3.05) is 19.6 Å². The van der Waals surface area contributed by atoms with E-state index in [1.165, 1.54) is 12.8 Å². The number of rotatable bonds is 7.